The summed E-state index contributed by atoms with van der Waals surface area (Å²) in [7, 11) is 0. The number of aromatic nitrogens is 2. The number of nitrogens with zero attached hydrogens (tertiary/aromatic N) is 2. The lowest BCUT2D eigenvalue weighted by molar-refractivity contribution is -0.149. The van der Waals surface area contributed by atoms with Gasteiger partial charge in [-0.05, 0) is 32.9 Å². The maximum atomic E-state index is 12.2. The number of carbonyl (C=O) groups excluding carboxylic acids is 1. The summed E-state index contributed by atoms with van der Waals surface area (Å²) in [5, 5.41) is 11.6. The summed E-state index contributed by atoms with van der Waals surface area (Å²) in [6.07, 6.45) is 4.25. The van der Waals surface area contributed by atoms with Gasteiger partial charge in [0.25, 0.3) is 0 Å². The van der Waals surface area contributed by atoms with Crippen LogP contribution in [-0.4, -0.2) is 46.4 Å². The molecule has 20 heavy (non-hydrogen) atoms. The van der Waals surface area contributed by atoms with Gasteiger partial charge in [-0.15, -0.1) is 10.2 Å². The maximum Gasteiger partial charge on any atom is 0.326 e. The molecular weight excluding hydrogens is 314 g/mol. The zero-order chi connectivity index (χ0) is 14.6. The lowest BCUT2D eigenvalue weighted by Crippen LogP contribution is -2.53. The van der Waals surface area contributed by atoms with Gasteiger partial charge in [0.05, 0.1) is 6.61 Å². The van der Waals surface area contributed by atoms with E-state index in [-0.39, 0.29) is 5.97 Å². The SMILES string of the molecule is CCOC(=O)C(C)(CSc1nnc(SC)s1)NC1CC1. The fourth-order valence-electron chi connectivity index (χ4n) is 1.67. The van der Waals surface area contributed by atoms with E-state index in [1.165, 1.54) is 0 Å². The summed E-state index contributed by atoms with van der Waals surface area (Å²) in [5.41, 5.74) is -0.660. The second-order valence-electron chi connectivity index (χ2n) is 4.80. The minimum absolute atomic E-state index is 0.186. The van der Waals surface area contributed by atoms with Crippen molar-refractivity contribution >= 4 is 40.8 Å². The number of hydrogen-bond acceptors (Lipinski definition) is 8. The summed E-state index contributed by atoms with van der Waals surface area (Å²) in [6, 6.07) is 0.446. The number of thioether (sulfide) groups is 2. The monoisotopic (exact) mass is 333 g/mol. The van der Waals surface area contributed by atoms with Crippen LogP contribution < -0.4 is 5.32 Å². The van der Waals surface area contributed by atoms with Gasteiger partial charge < -0.3 is 4.74 Å². The van der Waals surface area contributed by atoms with Crippen LogP contribution in [0.15, 0.2) is 8.68 Å². The van der Waals surface area contributed by atoms with Crippen molar-refractivity contribution in [1.82, 2.24) is 15.5 Å². The van der Waals surface area contributed by atoms with Crippen LogP contribution in [-0.2, 0) is 9.53 Å². The molecule has 1 aliphatic carbocycles. The van der Waals surface area contributed by atoms with E-state index in [9.17, 15) is 4.79 Å². The molecule has 1 saturated carbocycles. The van der Waals surface area contributed by atoms with Gasteiger partial charge in [0.2, 0.25) is 0 Å². The zero-order valence-electron chi connectivity index (χ0n) is 11.8. The molecule has 0 amide bonds. The average Bonchev–Trinajstić information content (AvgIpc) is 3.11. The first-order valence-electron chi connectivity index (χ1n) is 6.52. The molecule has 2 rings (SSSR count). The van der Waals surface area contributed by atoms with Crippen molar-refractivity contribution < 1.29 is 9.53 Å². The highest BCUT2D eigenvalue weighted by Gasteiger charge is 2.40. The summed E-state index contributed by atoms with van der Waals surface area (Å²) in [4.78, 5) is 12.2. The Labute approximate surface area is 131 Å². The fourth-order valence-corrected chi connectivity index (χ4v) is 4.20. The van der Waals surface area contributed by atoms with Crippen LogP contribution in [0.25, 0.3) is 0 Å². The molecule has 1 atom stereocenters. The van der Waals surface area contributed by atoms with Crippen LogP contribution in [0.3, 0.4) is 0 Å². The Morgan fingerprint density at radius 2 is 2.20 bits per heavy atom. The van der Waals surface area contributed by atoms with Crippen LogP contribution in [0.2, 0.25) is 0 Å². The molecule has 0 aromatic carbocycles. The summed E-state index contributed by atoms with van der Waals surface area (Å²) in [6.45, 7) is 4.14. The van der Waals surface area contributed by atoms with Crippen LogP contribution >= 0.6 is 34.9 Å². The summed E-state index contributed by atoms with van der Waals surface area (Å²) < 4.78 is 7.04. The van der Waals surface area contributed by atoms with Crippen molar-refractivity contribution in [1.29, 1.82) is 0 Å². The predicted octanol–water partition coefficient (Wildman–Crippen LogP) is 2.43. The zero-order valence-corrected chi connectivity index (χ0v) is 14.3. The van der Waals surface area contributed by atoms with Crippen molar-refractivity contribution in [2.75, 3.05) is 18.6 Å². The van der Waals surface area contributed by atoms with E-state index in [0.29, 0.717) is 18.4 Å². The quantitative estimate of drug-likeness (QED) is 0.579. The van der Waals surface area contributed by atoms with Crippen LogP contribution in [0.4, 0.5) is 0 Å². The second-order valence-corrected chi connectivity index (χ2v) is 8.05. The number of esters is 1. The molecule has 0 radical (unpaired) electrons. The molecule has 1 N–H and O–H groups in total. The fraction of sp³-hybridized carbons (Fsp3) is 0.750. The highest BCUT2D eigenvalue weighted by atomic mass is 32.2. The van der Waals surface area contributed by atoms with E-state index < -0.39 is 5.54 Å². The first-order chi connectivity index (χ1) is 9.57. The van der Waals surface area contributed by atoms with Crippen LogP contribution in [0.1, 0.15) is 26.7 Å². The number of rotatable bonds is 8. The minimum Gasteiger partial charge on any atom is -0.465 e. The topological polar surface area (TPSA) is 64.1 Å². The van der Waals surface area contributed by atoms with E-state index in [2.05, 4.69) is 15.5 Å². The van der Waals surface area contributed by atoms with E-state index >= 15 is 0 Å². The van der Waals surface area contributed by atoms with Gasteiger partial charge in [-0.2, -0.15) is 0 Å². The van der Waals surface area contributed by atoms with E-state index in [1.807, 2.05) is 20.1 Å². The molecule has 8 heteroatoms. The number of ether oxygens (including phenoxy) is 1. The maximum absolute atomic E-state index is 12.2. The van der Waals surface area contributed by atoms with Gasteiger partial charge in [0, 0.05) is 11.8 Å². The molecule has 1 aromatic rings. The normalized spacial score (nSPS) is 17.8. The average molecular weight is 334 g/mol. The molecule has 0 spiro atoms. The van der Waals surface area contributed by atoms with Crippen molar-refractivity contribution in [3.8, 4) is 0 Å². The molecule has 1 unspecified atom stereocenters. The standard InChI is InChI=1S/C12H19N3O2S3/c1-4-17-9(16)12(2,13-8-5-6-8)7-19-11-15-14-10(18-3)20-11/h8,13H,4-7H2,1-3H3. The largest absolute Gasteiger partial charge is 0.465 e. The number of carbonyl (C=O) groups is 1. The summed E-state index contributed by atoms with van der Waals surface area (Å²) in [5.74, 6) is 0.416. The molecule has 5 nitrogen and oxygen atoms in total. The molecule has 112 valence electrons. The van der Waals surface area contributed by atoms with E-state index in [4.69, 9.17) is 4.74 Å². The van der Waals surface area contributed by atoms with Crippen molar-refractivity contribution in [3.05, 3.63) is 0 Å². The number of hydrogen-bond donors (Lipinski definition) is 1. The molecule has 1 aliphatic rings. The van der Waals surface area contributed by atoms with Crippen LogP contribution in [0.5, 0.6) is 0 Å². The Bertz CT molecular complexity index is 465. The predicted molar refractivity (Wildman–Crippen MR) is 83.6 cm³/mol. The minimum atomic E-state index is -0.660. The third-order valence-corrected chi connectivity index (χ3v) is 6.22. The molecular formula is C12H19N3O2S3. The molecule has 1 aromatic heterocycles. The first-order valence-corrected chi connectivity index (χ1v) is 9.55. The molecule has 1 fully saturated rings. The third-order valence-electron chi connectivity index (χ3n) is 2.87. The van der Waals surface area contributed by atoms with Crippen molar-refractivity contribution in [2.24, 2.45) is 0 Å². The third kappa shape index (κ3) is 4.34. The van der Waals surface area contributed by atoms with Crippen molar-refractivity contribution in [3.63, 3.8) is 0 Å². The van der Waals surface area contributed by atoms with Crippen LogP contribution in [0, 0.1) is 0 Å². The molecule has 0 aliphatic heterocycles. The second kappa shape index (κ2) is 7.11. The Hall–Kier alpha value is -0.310. The summed E-state index contributed by atoms with van der Waals surface area (Å²) >= 11 is 4.70. The lowest BCUT2D eigenvalue weighted by atomic mass is 10.1. The van der Waals surface area contributed by atoms with E-state index in [1.54, 1.807) is 34.9 Å². The van der Waals surface area contributed by atoms with Gasteiger partial charge in [-0.3, -0.25) is 10.1 Å². The Morgan fingerprint density at radius 1 is 1.50 bits per heavy atom. The first kappa shape index (κ1) is 16.1. The van der Waals surface area contributed by atoms with Crippen molar-refractivity contribution in [2.45, 2.75) is 46.9 Å². The highest BCUT2D eigenvalue weighted by Crippen LogP contribution is 2.31. The van der Waals surface area contributed by atoms with Gasteiger partial charge in [0.15, 0.2) is 8.68 Å². The molecule has 1 heterocycles. The Balaban J connectivity index is 1.97. The van der Waals surface area contributed by atoms with E-state index in [0.717, 1.165) is 21.5 Å². The van der Waals surface area contributed by atoms with Gasteiger partial charge >= 0.3 is 5.97 Å². The molecule has 0 saturated heterocycles. The Kier molecular flexibility index (Phi) is 5.71. The van der Waals surface area contributed by atoms with Gasteiger partial charge in [-0.25, -0.2) is 0 Å². The highest BCUT2D eigenvalue weighted by molar-refractivity contribution is 8.03. The molecule has 0 bridgehead atoms. The Morgan fingerprint density at radius 3 is 2.75 bits per heavy atom. The smallest absolute Gasteiger partial charge is 0.326 e. The van der Waals surface area contributed by atoms with Gasteiger partial charge in [-0.1, -0.05) is 34.9 Å². The van der Waals surface area contributed by atoms with Gasteiger partial charge in [0.1, 0.15) is 5.54 Å². The number of nitrogens with one attached hydrogen (secondary N) is 1. The lowest BCUT2D eigenvalue weighted by Gasteiger charge is -2.27.